The van der Waals surface area contributed by atoms with Gasteiger partial charge in [-0.3, -0.25) is 4.79 Å². The van der Waals surface area contributed by atoms with Crippen LogP contribution in [0.5, 0.6) is 0 Å². The normalized spacial score (nSPS) is 10.2. The Morgan fingerprint density at radius 1 is 1.15 bits per heavy atom. The summed E-state index contributed by atoms with van der Waals surface area (Å²) >= 11 is 0. The molecule has 0 heterocycles. The van der Waals surface area contributed by atoms with E-state index in [1.165, 1.54) is 12.1 Å². The number of hydrogen-bond acceptors (Lipinski definition) is 2. The first kappa shape index (κ1) is 14.0. The predicted molar refractivity (Wildman–Crippen MR) is 75.7 cm³/mol. The molecule has 2 aromatic carbocycles. The lowest BCUT2D eigenvalue weighted by Gasteiger charge is -2.08. The highest BCUT2D eigenvalue weighted by Gasteiger charge is 2.11. The van der Waals surface area contributed by atoms with E-state index < -0.39 is 0 Å². The molecule has 0 aliphatic carbocycles. The Bertz CT molecular complexity index is 661. The predicted octanol–water partition coefficient (Wildman–Crippen LogP) is 3.40. The SMILES string of the molecule is N#CCCCCNC(=O)c1ccc(F)c2ccccc12. The first-order valence-electron chi connectivity index (χ1n) is 6.56. The number of unbranched alkanes of at least 4 members (excludes halogenated alkanes) is 2. The summed E-state index contributed by atoms with van der Waals surface area (Å²) in [5.41, 5.74) is 0.474. The van der Waals surface area contributed by atoms with Crippen molar-refractivity contribution >= 4 is 16.7 Å². The molecule has 0 saturated heterocycles. The molecule has 0 unspecified atom stereocenters. The Morgan fingerprint density at radius 2 is 1.90 bits per heavy atom. The Kier molecular flexibility index (Phi) is 4.67. The van der Waals surface area contributed by atoms with Crippen molar-refractivity contribution in [3.8, 4) is 6.07 Å². The van der Waals surface area contributed by atoms with Crippen LogP contribution in [-0.2, 0) is 0 Å². The van der Waals surface area contributed by atoms with Crippen LogP contribution in [-0.4, -0.2) is 12.5 Å². The standard InChI is InChI=1S/C16H15FN2O/c17-15-9-8-14(12-6-2-3-7-13(12)15)16(20)19-11-5-1-4-10-18/h2-3,6-9H,1,4-5,11H2,(H,19,20). The molecule has 0 spiro atoms. The van der Waals surface area contributed by atoms with Gasteiger partial charge in [-0.05, 0) is 30.4 Å². The van der Waals surface area contributed by atoms with Gasteiger partial charge in [0.1, 0.15) is 5.82 Å². The number of halogens is 1. The molecular formula is C16H15FN2O. The number of amides is 1. The highest BCUT2D eigenvalue weighted by atomic mass is 19.1. The van der Waals surface area contributed by atoms with Gasteiger partial charge in [-0.15, -0.1) is 0 Å². The van der Waals surface area contributed by atoms with Crippen LogP contribution in [0.4, 0.5) is 4.39 Å². The van der Waals surface area contributed by atoms with E-state index in [1.54, 1.807) is 24.3 Å². The van der Waals surface area contributed by atoms with Crippen LogP contribution in [0.3, 0.4) is 0 Å². The second-order valence-electron chi connectivity index (χ2n) is 4.51. The van der Waals surface area contributed by atoms with Crippen molar-refractivity contribution in [3.63, 3.8) is 0 Å². The van der Waals surface area contributed by atoms with E-state index in [1.807, 2.05) is 0 Å². The summed E-state index contributed by atoms with van der Waals surface area (Å²) in [5.74, 6) is -0.538. The van der Waals surface area contributed by atoms with Gasteiger partial charge in [0.2, 0.25) is 0 Å². The zero-order valence-electron chi connectivity index (χ0n) is 11.0. The fraction of sp³-hybridized carbons (Fsp3) is 0.250. The lowest BCUT2D eigenvalue weighted by Crippen LogP contribution is -2.24. The van der Waals surface area contributed by atoms with Crippen LogP contribution in [0.1, 0.15) is 29.6 Å². The van der Waals surface area contributed by atoms with Gasteiger partial charge in [0.05, 0.1) is 6.07 Å². The fourth-order valence-electron chi connectivity index (χ4n) is 2.09. The molecule has 102 valence electrons. The number of nitrogens with zero attached hydrogens (tertiary/aromatic N) is 1. The van der Waals surface area contributed by atoms with Gasteiger partial charge < -0.3 is 5.32 Å². The molecule has 1 N–H and O–H groups in total. The second kappa shape index (κ2) is 6.67. The molecular weight excluding hydrogens is 255 g/mol. The molecule has 2 aromatic rings. The monoisotopic (exact) mass is 270 g/mol. The summed E-state index contributed by atoms with van der Waals surface area (Å²) in [4.78, 5) is 12.1. The average molecular weight is 270 g/mol. The van der Waals surface area contributed by atoms with Crippen molar-refractivity contribution in [2.45, 2.75) is 19.3 Å². The molecule has 0 atom stereocenters. The van der Waals surface area contributed by atoms with Crippen molar-refractivity contribution < 1.29 is 9.18 Å². The number of carbonyl (C=O) groups excluding carboxylic acids is 1. The molecule has 0 aliphatic heterocycles. The topological polar surface area (TPSA) is 52.9 Å². The third-order valence-corrected chi connectivity index (χ3v) is 3.12. The van der Waals surface area contributed by atoms with Gasteiger partial charge in [-0.1, -0.05) is 24.3 Å². The lowest BCUT2D eigenvalue weighted by molar-refractivity contribution is 0.0954. The molecule has 0 saturated carbocycles. The quantitative estimate of drug-likeness (QED) is 0.846. The third-order valence-electron chi connectivity index (χ3n) is 3.12. The number of benzene rings is 2. The van der Waals surface area contributed by atoms with E-state index in [0.29, 0.717) is 29.3 Å². The molecule has 0 aliphatic rings. The van der Waals surface area contributed by atoms with Crippen LogP contribution < -0.4 is 5.32 Å². The molecule has 3 nitrogen and oxygen atoms in total. The molecule has 0 bridgehead atoms. The minimum Gasteiger partial charge on any atom is -0.352 e. The van der Waals surface area contributed by atoms with E-state index in [4.69, 9.17) is 5.26 Å². The second-order valence-corrected chi connectivity index (χ2v) is 4.51. The van der Waals surface area contributed by atoms with E-state index in [9.17, 15) is 9.18 Å². The maximum atomic E-state index is 13.7. The van der Waals surface area contributed by atoms with Crippen molar-refractivity contribution in [2.24, 2.45) is 0 Å². The summed E-state index contributed by atoms with van der Waals surface area (Å²) in [6.45, 7) is 0.520. The van der Waals surface area contributed by atoms with Crippen molar-refractivity contribution in [3.05, 3.63) is 47.8 Å². The highest BCUT2D eigenvalue weighted by Crippen LogP contribution is 2.21. The maximum absolute atomic E-state index is 13.7. The van der Waals surface area contributed by atoms with Crippen molar-refractivity contribution in [1.82, 2.24) is 5.32 Å². The first-order chi connectivity index (χ1) is 9.74. The Morgan fingerprint density at radius 3 is 2.65 bits per heavy atom. The Labute approximate surface area is 117 Å². The van der Waals surface area contributed by atoms with Crippen molar-refractivity contribution in [2.75, 3.05) is 6.54 Å². The highest BCUT2D eigenvalue weighted by molar-refractivity contribution is 6.07. The molecule has 1 amide bonds. The summed E-state index contributed by atoms with van der Waals surface area (Å²) in [5, 5.41) is 12.3. The van der Waals surface area contributed by atoms with Gasteiger partial charge in [-0.2, -0.15) is 5.26 Å². The van der Waals surface area contributed by atoms with E-state index >= 15 is 0 Å². The minimum absolute atomic E-state index is 0.210. The van der Waals surface area contributed by atoms with Crippen LogP contribution in [0.2, 0.25) is 0 Å². The van der Waals surface area contributed by atoms with Crippen LogP contribution in [0.15, 0.2) is 36.4 Å². The van der Waals surface area contributed by atoms with Crippen LogP contribution in [0.25, 0.3) is 10.8 Å². The third kappa shape index (κ3) is 3.12. The zero-order valence-corrected chi connectivity index (χ0v) is 11.0. The summed E-state index contributed by atoms with van der Waals surface area (Å²) < 4.78 is 13.7. The van der Waals surface area contributed by atoms with Gasteiger partial charge in [0, 0.05) is 23.9 Å². The number of nitrogens with one attached hydrogen (secondary N) is 1. The molecule has 0 radical (unpaired) electrons. The van der Waals surface area contributed by atoms with Crippen LogP contribution in [0, 0.1) is 17.1 Å². The summed E-state index contributed by atoms with van der Waals surface area (Å²) in [6, 6.07) is 11.8. The van der Waals surface area contributed by atoms with E-state index in [-0.39, 0.29) is 11.7 Å². The smallest absolute Gasteiger partial charge is 0.251 e. The first-order valence-corrected chi connectivity index (χ1v) is 6.56. The number of fused-ring (bicyclic) bond motifs is 1. The molecule has 0 aromatic heterocycles. The molecule has 2 rings (SSSR count). The summed E-state index contributed by atoms with van der Waals surface area (Å²) in [6.07, 6.45) is 2.02. The molecule has 4 heteroatoms. The van der Waals surface area contributed by atoms with Gasteiger partial charge in [-0.25, -0.2) is 4.39 Å². The largest absolute Gasteiger partial charge is 0.352 e. The van der Waals surface area contributed by atoms with E-state index in [0.717, 1.165) is 12.8 Å². The molecule has 0 fully saturated rings. The Balaban J connectivity index is 2.11. The average Bonchev–Trinajstić information content (AvgIpc) is 2.47. The number of carbonyl (C=O) groups is 1. The van der Waals surface area contributed by atoms with E-state index in [2.05, 4.69) is 11.4 Å². The zero-order chi connectivity index (χ0) is 14.4. The number of rotatable bonds is 5. The number of hydrogen-bond donors (Lipinski definition) is 1. The van der Waals surface area contributed by atoms with Gasteiger partial charge in [0.25, 0.3) is 5.91 Å². The Hall–Kier alpha value is -2.41. The number of nitriles is 1. The van der Waals surface area contributed by atoms with Gasteiger partial charge >= 0.3 is 0 Å². The molecule has 20 heavy (non-hydrogen) atoms. The maximum Gasteiger partial charge on any atom is 0.251 e. The summed E-state index contributed by atoms with van der Waals surface area (Å²) in [7, 11) is 0. The van der Waals surface area contributed by atoms with Crippen molar-refractivity contribution in [1.29, 1.82) is 5.26 Å². The minimum atomic E-state index is -0.328. The fourth-order valence-corrected chi connectivity index (χ4v) is 2.09. The van der Waals surface area contributed by atoms with Crippen LogP contribution >= 0.6 is 0 Å². The van der Waals surface area contributed by atoms with Gasteiger partial charge in [0.15, 0.2) is 0 Å². The lowest BCUT2D eigenvalue weighted by atomic mass is 10.0.